The smallest absolute Gasteiger partial charge is 0.261 e. The molecule has 8 heteroatoms. The van der Waals surface area contributed by atoms with Crippen molar-refractivity contribution in [1.82, 2.24) is 0 Å². The van der Waals surface area contributed by atoms with Gasteiger partial charge in [0.05, 0.1) is 29.5 Å². The molecule has 0 amide bonds. The minimum absolute atomic E-state index is 0.0518. The van der Waals surface area contributed by atoms with Gasteiger partial charge in [-0.15, -0.1) is 0 Å². The predicted octanol–water partition coefficient (Wildman–Crippen LogP) is 11.3. The monoisotopic (exact) mass is 882 g/mol. The molecule has 58 heavy (non-hydrogen) atoms. The van der Waals surface area contributed by atoms with Crippen LogP contribution < -0.4 is 10.4 Å². The van der Waals surface area contributed by atoms with E-state index in [1.54, 1.807) is 24.3 Å². The second-order valence-corrected chi connectivity index (χ2v) is 24.1. The lowest BCUT2D eigenvalue weighted by Crippen LogP contribution is -2.69. The minimum Gasteiger partial charge on any atom is -0.404 e. The quantitative estimate of drug-likeness (QED) is 0.0328. The Morgan fingerprint density at radius 3 is 1.95 bits per heavy atom. The highest BCUT2D eigenvalue weighted by atomic mass is 79.9. The Labute approximate surface area is 358 Å². The van der Waals surface area contributed by atoms with Crippen LogP contribution in [0.15, 0.2) is 162 Å². The van der Waals surface area contributed by atoms with Crippen molar-refractivity contribution in [2.45, 2.75) is 96.5 Å². The standard InChI is InChI=1S/C50H63BrO5SSi/c1-38(22-21-23-39(2)34-51)32-46(55-37-54-35-42-24-13-9-14-25-42)48-41(4)50(8,36-57(52,53)43-26-15-10-16-27-43)40(3)33-47(48)56-58(49(5,6)7,44-28-17-11-18-29-44)45-30-19-12-20-31-45/h9-20,23-32,40,46-48H,4,21-22,33-37H2,1-3,5-8H3/b38-32+,39-23-/t40-,46-,47+,48-,50+/m1/s1. The van der Waals surface area contributed by atoms with Crippen molar-refractivity contribution < 1.29 is 22.3 Å². The highest BCUT2D eigenvalue weighted by Crippen LogP contribution is 2.52. The van der Waals surface area contributed by atoms with Gasteiger partial charge < -0.3 is 13.9 Å². The van der Waals surface area contributed by atoms with Gasteiger partial charge in [-0.05, 0) is 72.1 Å². The Bertz CT molecular complexity index is 2040. The summed E-state index contributed by atoms with van der Waals surface area (Å²) in [6.07, 6.45) is 6.02. The topological polar surface area (TPSA) is 61.8 Å². The van der Waals surface area contributed by atoms with Crippen LogP contribution in [-0.2, 0) is 30.3 Å². The van der Waals surface area contributed by atoms with Gasteiger partial charge in [-0.25, -0.2) is 8.42 Å². The van der Waals surface area contributed by atoms with Gasteiger partial charge in [0, 0.05) is 16.7 Å². The fourth-order valence-electron chi connectivity index (χ4n) is 8.55. The van der Waals surface area contributed by atoms with E-state index in [-0.39, 0.29) is 35.5 Å². The number of benzene rings is 4. The fraction of sp³-hybridized carbons (Fsp3) is 0.400. The van der Waals surface area contributed by atoms with Crippen LogP contribution in [0.5, 0.6) is 0 Å². The second kappa shape index (κ2) is 20.3. The van der Waals surface area contributed by atoms with Crippen molar-refractivity contribution >= 4 is 44.5 Å². The van der Waals surface area contributed by atoms with Crippen LogP contribution in [0.1, 0.15) is 73.3 Å². The molecular formula is C50H63BrO5SSi. The fourth-order valence-corrected chi connectivity index (χ4v) is 15.5. The van der Waals surface area contributed by atoms with Crippen LogP contribution >= 0.6 is 15.9 Å². The van der Waals surface area contributed by atoms with E-state index in [9.17, 15) is 8.42 Å². The first-order chi connectivity index (χ1) is 27.6. The van der Waals surface area contributed by atoms with E-state index in [1.807, 2.05) is 36.4 Å². The maximum absolute atomic E-state index is 14.3. The van der Waals surface area contributed by atoms with E-state index in [2.05, 4.69) is 137 Å². The first-order valence-corrected chi connectivity index (χ1v) is 25.2. The summed E-state index contributed by atoms with van der Waals surface area (Å²) in [5.74, 6) is -0.525. The summed E-state index contributed by atoms with van der Waals surface area (Å²) in [6.45, 7) is 20.8. The molecule has 1 fully saturated rings. The number of allylic oxidation sites excluding steroid dienone is 3. The lowest BCUT2D eigenvalue weighted by Gasteiger charge is -2.54. The van der Waals surface area contributed by atoms with Crippen LogP contribution in [0, 0.1) is 17.3 Å². The Morgan fingerprint density at radius 2 is 1.41 bits per heavy atom. The zero-order chi connectivity index (χ0) is 42.0. The number of hydrogen-bond acceptors (Lipinski definition) is 5. The van der Waals surface area contributed by atoms with E-state index in [4.69, 9.17) is 20.5 Å². The van der Waals surface area contributed by atoms with Crippen LogP contribution in [0.25, 0.3) is 0 Å². The minimum atomic E-state index is -3.68. The lowest BCUT2D eigenvalue weighted by atomic mass is 9.60. The molecule has 0 unspecified atom stereocenters. The molecule has 5 atom stereocenters. The Kier molecular flexibility index (Phi) is 16.0. The van der Waals surface area contributed by atoms with Gasteiger partial charge >= 0.3 is 0 Å². The normalized spacial score (nSPS) is 21.5. The summed E-state index contributed by atoms with van der Waals surface area (Å²) < 4.78 is 49.6. The number of rotatable bonds is 18. The maximum Gasteiger partial charge on any atom is 0.261 e. The highest BCUT2D eigenvalue weighted by Gasteiger charge is 2.57. The summed E-state index contributed by atoms with van der Waals surface area (Å²) in [5.41, 5.74) is 3.58. The predicted molar refractivity (Wildman–Crippen MR) is 247 cm³/mol. The Balaban J connectivity index is 1.65. The molecule has 1 aliphatic carbocycles. The number of sulfone groups is 1. The molecule has 5 nitrogen and oxygen atoms in total. The zero-order valence-corrected chi connectivity index (χ0v) is 38.9. The van der Waals surface area contributed by atoms with E-state index in [0.29, 0.717) is 17.9 Å². The second-order valence-electron chi connectivity index (χ2n) is 17.3. The van der Waals surface area contributed by atoms with Crippen LogP contribution in [-0.4, -0.2) is 46.8 Å². The first-order valence-electron chi connectivity index (χ1n) is 20.5. The molecule has 0 heterocycles. The average Bonchev–Trinajstić information content (AvgIpc) is 3.21. The third kappa shape index (κ3) is 10.9. The third-order valence-electron chi connectivity index (χ3n) is 12.0. The molecule has 0 saturated heterocycles. The molecule has 0 aliphatic heterocycles. The highest BCUT2D eigenvalue weighted by molar-refractivity contribution is 9.09. The lowest BCUT2D eigenvalue weighted by molar-refractivity contribution is -0.113. The molecule has 0 radical (unpaired) electrons. The molecule has 5 rings (SSSR count). The van der Waals surface area contributed by atoms with E-state index >= 15 is 0 Å². The van der Waals surface area contributed by atoms with Gasteiger partial charge in [0.2, 0.25) is 0 Å². The van der Waals surface area contributed by atoms with Gasteiger partial charge in [-0.2, -0.15) is 0 Å². The Morgan fingerprint density at radius 1 is 0.879 bits per heavy atom. The van der Waals surface area contributed by atoms with Crippen LogP contribution in [0.2, 0.25) is 5.04 Å². The molecule has 4 aromatic rings. The largest absolute Gasteiger partial charge is 0.404 e. The van der Waals surface area contributed by atoms with Crippen LogP contribution in [0.3, 0.4) is 0 Å². The zero-order valence-electron chi connectivity index (χ0n) is 35.5. The van der Waals surface area contributed by atoms with Gasteiger partial charge in [0.1, 0.15) is 6.79 Å². The summed E-state index contributed by atoms with van der Waals surface area (Å²) in [4.78, 5) is 0.322. The van der Waals surface area contributed by atoms with Gasteiger partial charge in [0.15, 0.2) is 9.84 Å². The van der Waals surface area contributed by atoms with Crippen molar-refractivity contribution in [3.63, 3.8) is 0 Å². The molecule has 0 N–H and O–H groups in total. The van der Waals surface area contributed by atoms with E-state index in [0.717, 1.165) is 29.3 Å². The van der Waals surface area contributed by atoms with Crippen molar-refractivity contribution in [1.29, 1.82) is 0 Å². The van der Waals surface area contributed by atoms with Crippen molar-refractivity contribution in [2.24, 2.45) is 17.3 Å². The summed E-state index contributed by atoms with van der Waals surface area (Å²) >= 11 is 3.58. The molecule has 0 bridgehead atoms. The molecule has 1 saturated carbocycles. The molecule has 310 valence electrons. The molecular weight excluding hydrogens is 821 g/mol. The summed E-state index contributed by atoms with van der Waals surface area (Å²) in [7, 11) is -6.75. The third-order valence-corrected chi connectivity index (χ3v) is 20.0. The number of hydrogen-bond donors (Lipinski definition) is 0. The van der Waals surface area contributed by atoms with Crippen LogP contribution in [0.4, 0.5) is 0 Å². The number of ether oxygens (including phenoxy) is 2. The van der Waals surface area contributed by atoms with Gasteiger partial charge in [0.25, 0.3) is 8.32 Å². The SMILES string of the molecule is C=C1[C@H]([C@@H](/C=C(\C)CC/C=C(/C)CBr)OCOCc2ccccc2)[C@@H](O[Si](c2ccccc2)(c2ccccc2)C(C)(C)C)C[C@@H](C)[C@]1(C)CS(=O)(=O)c1ccccc1. The van der Waals surface area contributed by atoms with Crippen molar-refractivity contribution in [2.75, 3.05) is 17.9 Å². The van der Waals surface area contributed by atoms with Crippen molar-refractivity contribution in [3.8, 4) is 0 Å². The molecule has 1 aliphatic rings. The maximum atomic E-state index is 14.3. The first kappa shape index (κ1) is 45.7. The molecule has 0 aromatic heterocycles. The molecule has 4 aromatic carbocycles. The van der Waals surface area contributed by atoms with E-state index < -0.39 is 29.7 Å². The Hall–Kier alpha value is -3.37. The summed E-state index contributed by atoms with van der Waals surface area (Å²) in [5, 5.41) is 2.94. The number of halogens is 1. The van der Waals surface area contributed by atoms with E-state index in [1.165, 1.54) is 21.5 Å². The summed E-state index contributed by atoms with van der Waals surface area (Å²) in [6, 6.07) is 40.3. The van der Waals surface area contributed by atoms with Gasteiger partial charge in [-0.3, -0.25) is 0 Å². The molecule has 0 spiro atoms. The average molecular weight is 884 g/mol. The van der Waals surface area contributed by atoms with Crippen molar-refractivity contribution in [3.05, 3.63) is 162 Å². The van der Waals surface area contributed by atoms with Gasteiger partial charge in [-0.1, -0.05) is 195 Å². The number of alkyl halides is 1.